The van der Waals surface area contributed by atoms with E-state index in [-0.39, 0.29) is 16.5 Å². The predicted octanol–water partition coefficient (Wildman–Crippen LogP) is 0.847. The highest BCUT2D eigenvalue weighted by atomic mass is 32.2. The molecule has 0 radical (unpaired) electrons. The summed E-state index contributed by atoms with van der Waals surface area (Å²) in [5, 5.41) is 5.12. The van der Waals surface area contributed by atoms with Gasteiger partial charge in [-0.3, -0.25) is 9.59 Å². The Morgan fingerprint density at radius 2 is 1.96 bits per heavy atom. The summed E-state index contributed by atoms with van der Waals surface area (Å²) in [5.41, 5.74) is 0.232. The van der Waals surface area contributed by atoms with E-state index in [0.29, 0.717) is 12.3 Å². The van der Waals surface area contributed by atoms with Crippen molar-refractivity contribution in [1.82, 2.24) is 10.0 Å². The molecule has 0 spiro atoms. The van der Waals surface area contributed by atoms with Gasteiger partial charge in [0.2, 0.25) is 21.8 Å². The first-order valence-corrected chi connectivity index (χ1v) is 8.95. The Labute approximate surface area is 142 Å². The number of nitrogens with one attached hydrogen (secondary N) is 3. The van der Waals surface area contributed by atoms with Crippen LogP contribution in [0.5, 0.6) is 5.75 Å². The van der Waals surface area contributed by atoms with Crippen molar-refractivity contribution < 1.29 is 22.7 Å². The van der Waals surface area contributed by atoms with Crippen molar-refractivity contribution in [3.05, 3.63) is 18.2 Å². The van der Waals surface area contributed by atoms with Crippen molar-refractivity contribution in [2.75, 3.05) is 19.0 Å². The number of methoxy groups -OCH3 is 1. The minimum absolute atomic E-state index is 0.0813. The Kier molecular flexibility index (Phi) is 7.18. The number of amides is 2. The van der Waals surface area contributed by atoms with Crippen LogP contribution >= 0.6 is 0 Å². The van der Waals surface area contributed by atoms with E-state index in [4.69, 9.17) is 4.74 Å². The summed E-state index contributed by atoms with van der Waals surface area (Å²) in [6.07, 6.45) is 0.754. The van der Waals surface area contributed by atoms with Crippen LogP contribution in [0, 0.1) is 0 Å². The molecule has 1 aromatic rings. The Hall–Kier alpha value is -2.13. The Balaban J connectivity index is 3.01. The Bertz CT molecular complexity index is 703. The summed E-state index contributed by atoms with van der Waals surface area (Å²) in [4.78, 5) is 23.0. The fourth-order valence-electron chi connectivity index (χ4n) is 1.90. The van der Waals surface area contributed by atoms with Gasteiger partial charge in [0, 0.05) is 13.5 Å². The second-order valence-electron chi connectivity index (χ2n) is 5.18. The molecule has 0 aliphatic heterocycles. The van der Waals surface area contributed by atoms with Crippen LogP contribution in [0.4, 0.5) is 5.69 Å². The number of rotatable bonds is 8. The monoisotopic (exact) mass is 357 g/mol. The second-order valence-corrected chi connectivity index (χ2v) is 6.89. The molecular formula is C15H23N3O5S. The number of hydrogen-bond acceptors (Lipinski definition) is 5. The lowest BCUT2D eigenvalue weighted by atomic mass is 10.3. The van der Waals surface area contributed by atoms with Gasteiger partial charge in [-0.1, -0.05) is 6.92 Å². The minimum atomic E-state index is -3.93. The zero-order valence-corrected chi connectivity index (χ0v) is 15.0. The van der Waals surface area contributed by atoms with Crippen LogP contribution < -0.4 is 20.1 Å². The number of carbonyl (C=O) groups excluding carboxylic acids is 2. The van der Waals surface area contributed by atoms with Gasteiger partial charge in [-0.2, -0.15) is 4.72 Å². The summed E-state index contributed by atoms with van der Waals surface area (Å²) in [6.45, 7) is 5.13. The first-order chi connectivity index (χ1) is 11.2. The first kappa shape index (κ1) is 19.9. The molecule has 1 atom stereocenters. The van der Waals surface area contributed by atoms with Crippen LogP contribution in [0.25, 0.3) is 0 Å². The number of sulfonamides is 1. The number of anilines is 1. The largest absolute Gasteiger partial charge is 0.495 e. The molecule has 0 saturated heterocycles. The smallest absolute Gasteiger partial charge is 0.241 e. The minimum Gasteiger partial charge on any atom is -0.495 e. The van der Waals surface area contributed by atoms with Gasteiger partial charge in [-0.15, -0.1) is 0 Å². The normalized spacial score (nSPS) is 12.3. The molecule has 0 aliphatic carbocycles. The van der Waals surface area contributed by atoms with Gasteiger partial charge in [0.05, 0.1) is 23.7 Å². The van der Waals surface area contributed by atoms with Crippen LogP contribution in [0.1, 0.15) is 27.2 Å². The highest BCUT2D eigenvalue weighted by molar-refractivity contribution is 7.89. The van der Waals surface area contributed by atoms with Crippen LogP contribution in [0.3, 0.4) is 0 Å². The summed E-state index contributed by atoms with van der Waals surface area (Å²) in [7, 11) is -2.52. The zero-order valence-electron chi connectivity index (χ0n) is 14.2. The fourth-order valence-corrected chi connectivity index (χ4v) is 3.13. The van der Waals surface area contributed by atoms with E-state index in [1.165, 1.54) is 39.2 Å². The zero-order chi connectivity index (χ0) is 18.3. The van der Waals surface area contributed by atoms with Crippen molar-refractivity contribution in [1.29, 1.82) is 0 Å². The third-order valence-electron chi connectivity index (χ3n) is 3.07. The molecule has 8 nitrogen and oxygen atoms in total. The molecule has 1 rings (SSSR count). The second kappa shape index (κ2) is 8.65. The molecule has 0 heterocycles. The molecule has 9 heteroatoms. The lowest BCUT2D eigenvalue weighted by Crippen LogP contribution is -2.44. The number of ether oxygens (including phenoxy) is 1. The third-order valence-corrected chi connectivity index (χ3v) is 4.60. The average Bonchev–Trinajstić information content (AvgIpc) is 2.51. The van der Waals surface area contributed by atoms with Crippen molar-refractivity contribution in [2.24, 2.45) is 0 Å². The fraction of sp³-hybridized carbons (Fsp3) is 0.467. The average molecular weight is 357 g/mol. The van der Waals surface area contributed by atoms with Crippen molar-refractivity contribution in [3.63, 3.8) is 0 Å². The SMILES string of the molecule is CCCNC(=O)C(C)NS(=O)(=O)c1ccc(OC)c(NC(C)=O)c1. The van der Waals surface area contributed by atoms with Gasteiger partial charge in [0.25, 0.3) is 0 Å². The maximum Gasteiger partial charge on any atom is 0.241 e. The van der Waals surface area contributed by atoms with E-state index >= 15 is 0 Å². The maximum absolute atomic E-state index is 12.4. The summed E-state index contributed by atoms with van der Waals surface area (Å²) in [6, 6.07) is 3.12. The number of carbonyl (C=O) groups is 2. The van der Waals surface area contributed by atoms with Crippen LogP contribution in [-0.2, 0) is 19.6 Å². The van der Waals surface area contributed by atoms with Gasteiger partial charge >= 0.3 is 0 Å². The highest BCUT2D eigenvalue weighted by Crippen LogP contribution is 2.27. The van der Waals surface area contributed by atoms with E-state index in [1.807, 2.05) is 6.92 Å². The predicted molar refractivity (Wildman–Crippen MR) is 90.4 cm³/mol. The maximum atomic E-state index is 12.4. The van der Waals surface area contributed by atoms with E-state index in [2.05, 4.69) is 15.4 Å². The standard InChI is InChI=1S/C15H23N3O5S/c1-5-8-16-15(20)10(2)18-24(21,22)12-6-7-14(23-4)13(9-12)17-11(3)19/h6-7,9-10,18H,5,8H2,1-4H3,(H,16,20)(H,17,19). The number of hydrogen-bond donors (Lipinski definition) is 3. The quantitative estimate of drug-likeness (QED) is 0.638. The van der Waals surface area contributed by atoms with Gasteiger partial charge < -0.3 is 15.4 Å². The van der Waals surface area contributed by atoms with Crippen LogP contribution in [0.2, 0.25) is 0 Å². The first-order valence-electron chi connectivity index (χ1n) is 7.47. The van der Waals surface area contributed by atoms with E-state index in [0.717, 1.165) is 6.42 Å². The molecule has 1 unspecified atom stereocenters. The lowest BCUT2D eigenvalue weighted by Gasteiger charge is -2.15. The van der Waals surface area contributed by atoms with Gasteiger partial charge in [0.1, 0.15) is 5.75 Å². The molecule has 24 heavy (non-hydrogen) atoms. The van der Waals surface area contributed by atoms with Crippen LogP contribution in [-0.4, -0.2) is 39.9 Å². The molecule has 0 saturated carbocycles. The highest BCUT2D eigenvalue weighted by Gasteiger charge is 2.23. The summed E-state index contributed by atoms with van der Waals surface area (Å²) >= 11 is 0. The Morgan fingerprint density at radius 3 is 2.50 bits per heavy atom. The molecule has 0 bridgehead atoms. The molecule has 1 aromatic carbocycles. The van der Waals surface area contributed by atoms with E-state index in [9.17, 15) is 18.0 Å². The van der Waals surface area contributed by atoms with Gasteiger partial charge in [0.15, 0.2) is 0 Å². The molecule has 0 aromatic heterocycles. The lowest BCUT2D eigenvalue weighted by molar-refractivity contribution is -0.122. The number of benzene rings is 1. The molecule has 2 amide bonds. The van der Waals surface area contributed by atoms with Gasteiger partial charge in [-0.05, 0) is 31.5 Å². The molecule has 3 N–H and O–H groups in total. The molecule has 0 aliphatic rings. The van der Waals surface area contributed by atoms with Crippen molar-refractivity contribution in [3.8, 4) is 5.75 Å². The van der Waals surface area contributed by atoms with E-state index < -0.39 is 22.0 Å². The molecule has 134 valence electrons. The Morgan fingerprint density at radius 1 is 1.29 bits per heavy atom. The topological polar surface area (TPSA) is 114 Å². The van der Waals surface area contributed by atoms with Crippen LogP contribution in [0.15, 0.2) is 23.1 Å². The summed E-state index contributed by atoms with van der Waals surface area (Å²) in [5.74, 6) is -0.433. The van der Waals surface area contributed by atoms with Crippen molar-refractivity contribution >= 4 is 27.5 Å². The van der Waals surface area contributed by atoms with E-state index in [1.54, 1.807) is 0 Å². The van der Waals surface area contributed by atoms with Crippen molar-refractivity contribution in [2.45, 2.75) is 38.1 Å². The molecular weight excluding hydrogens is 334 g/mol. The third kappa shape index (κ3) is 5.50. The summed E-state index contributed by atoms with van der Waals surface area (Å²) < 4.78 is 32.2. The van der Waals surface area contributed by atoms with Gasteiger partial charge in [-0.25, -0.2) is 8.42 Å². The molecule has 0 fully saturated rings.